The first kappa shape index (κ1) is 15.7. The van der Waals surface area contributed by atoms with Gasteiger partial charge in [-0.15, -0.1) is 0 Å². The molecule has 1 aliphatic rings. The summed E-state index contributed by atoms with van der Waals surface area (Å²) in [5.74, 6) is -1.09. The first-order valence-corrected chi connectivity index (χ1v) is 7.85. The SMILES string of the molecule is Cc1cccc(N2CCN(C(=O)c3ccnc(Cl)c3F)CC2)c1. The predicted octanol–water partition coefficient (Wildman–Crippen LogP) is 3.14. The molecular weight excluding hydrogens is 317 g/mol. The smallest absolute Gasteiger partial charge is 0.257 e. The lowest BCUT2D eigenvalue weighted by Crippen LogP contribution is -2.49. The molecule has 1 amide bonds. The van der Waals surface area contributed by atoms with E-state index in [1.165, 1.54) is 17.8 Å². The van der Waals surface area contributed by atoms with Gasteiger partial charge in [-0.1, -0.05) is 23.7 Å². The molecule has 0 bridgehead atoms. The van der Waals surface area contributed by atoms with Gasteiger partial charge in [0.2, 0.25) is 0 Å². The van der Waals surface area contributed by atoms with Gasteiger partial charge in [-0.2, -0.15) is 0 Å². The number of benzene rings is 1. The van der Waals surface area contributed by atoms with Crippen LogP contribution in [0.4, 0.5) is 10.1 Å². The molecule has 0 aliphatic carbocycles. The van der Waals surface area contributed by atoms with E-state index in [-0.39, 0.29) is 16.6 Å². The Hall–Kier alpha value is -2.14. The van der Waals surface area contributed by atoms with Gasteiger partial charge >= 0.3 is 0 Å². The van der Waals surface area contributed by atoms with Gasteiger partial charge in [0.15, 0.2) is 11.0 Å². The van der Waals surface area contributed by atoms with Crippen LogP contribution in [-0.2, 0) is 0 Å². The van der Waals surface area contributed by atoms with E-state index in [4.69, 9.17) is 11.6 Å². The van der Waals surface area contributed by atoms with Gasteiger partial charge < -0.3 is 9.80 Å². The maximum atomic E-state index is 13.9. The van der Waals surface area contributed by atoms with Crippen molar-refractivity contribution in [2.45, 2.75) is 6.92 Å². The van der Waals surface area contributed by atoms with Crippen molar-refractivity contribution >= 4 is 23.2 Å². The molecule has 0 atom stereocenters. The molecular formula is C17H17ClFN3O. The molecule has 0 saturated carbocycles. The Morgan fingerprint density at radius 1 is 1.22 bits per heavy atom. The highest BCUT2D eigenvalue weighted by molar-refractivity contribution is 6.29. The number of carbonyl (C=O) groups excluding carboxylic acids is 1. The van der Waals surface area contributed by atoms with Crippen molar-refractivity contribution in [3.63, 3.8) is 0 Å². The molecule has 120 valence electrons. The molecule has 6 heteroatoms. The Morgan fingerprint density at radius 3 is 2.65 bits per heavy atom. The molecule has 2 aromatic rings. The van der Waals surface area contributed by atoms with E-state index in [1.54, 1.807) is 4.90 Å². The lowest BCUT2D eigenvalue weighted by atomic mass is 10.1. The van der Waals surface area contributed by atoms with Crippen molar-refractivity contribution in [1.29, 1.82) is 0 Å². The summed E-state index contributed by atoms with van der Waals surface area (Å²) < 4.78 is 13.9. The number of nitrogens with zero attached hydrogens (tertiary/aromatic N) is 3. The van der Waals surface area contributed by atoms with E-state index in [2.05, 4.69) is 35.0 Å². The van der Waals surface area contributed by atoms with Crippen LogP contribution in [0.15, 0.2) is 36.5 Å². The lowest BCUT2D eigenvalue weighted by Gasteiger charge is -2.36. The number of carbonyl (C=O) groups is 1. The van der Waals surface area contributed by atoms with Gasteiger partial charge in [0.05, 0.1) is 5.56 Å². The van der Waals surface area contributed by atoms with Crippen LogP contribution in [0.25, 0.3) is 0 Å². The number of piperazine rings is 1. The van der Waals surface area contributed by atoms with Gasteiger partial charge in [-0.05, 0) is 30.7 Å². The zero-order chi connectivity index (χ0) is 16.4. The maximum Gasteiger partial charge on any atom is 0.257 e. The third-order valence-corrected chi connectivity index (χ3v) is 4.27. The number of amides is 1. The monoisotopic (exact) mass is 333 g/mol. The molecule has 4 nitrogen and oxygen atoms in total. The van der Waals surface area contributed by atoms with E-state index in [0.717, 1.165) is 18.8 Å². The largest absolute Gasteiger partial charge is 0.368 e. The number of aryl methyl sites for hydroxylation is 1. The van der Waals surface area contributed by atoms with Crippen molar-refractivity contribution in [2.75, 3.05) is 31.1 Å². The summed E-state index contributed by atoms with van der Waals surface area (Å²) in [6.07, 6.45) is 1.35. The van der Waals surface area contributed by atoms with Crippen molar-refractivity contribution in [3.05, 3.63) is 58.6 Å². The standard InChI is InChI=1S/C17H17ClFN3O/c1-12-3-2-4-13(11-12)21-7-9-22(10-8-21)17(23)14-5-6-20-16(18)15(14)19/h2-6,11H,7-10H2,1H3. The first-order chi connectivity index (χ1) is 11.1. The number of hydrogen-bond donors (Lipinski definition) is 0. The molecule has 23 heavy (non-hydrogen) atoms. The molecule has 1 fully saturated rings. The van der Waals surface area contributed by atoms with E-state index < -0.39 is 5.82 Å². The summed E-state index contributed by atoms with van der Waals surface area (Å²) in [7, 11) is 0. The van der Waals surface area contributed by atoms with Crippen LogP contribution in [-0.4, -0.2) is 42.0 Å². The van der Waals surface area contributed by atoms with Crippen molar-refractivity contribution in [1.82, 2.24) is 9.88 Å². The summed E-state index contributed by atoms with van der Waals surface area (Å²) in [4.78, 5) is 20.0. The van der Waals surface area contributed by atoms with Crippen LogP contribution in [0.5, 0.6) is 0 Å². The number of halogens is 2. The summed E-state index contributed by atoms with van der Waals surface area (Å²) in [5, 5.41) is -0.269. The van der Waals surface area contributed by atoms with Crippen LogP contribution in [0.2, 0.25) is 5.15 Å². The molecule has 0 N–H and O–H groups in total. The van der Waals surface area contributed by atoms with Gasteiger partial charge in [0.1, 0.15) is 0 Å². The van der Waals surface area contributed by atoms with E-state index in [9.17, 15) is 9.18 Å². The van der Waals surface area contributed by atoms with Gasteiger partial charge in [-0.25, -0.2) is 9.37 Å². The Morgan fingerprint density at radius 2 is 1.96 bits per heavy atom. The maximum absolute atomic E-state index is 13.9. The Bertz CT molecular complexity index is 730. The van der Waals surface area contributed by atoms with Crippen molar-refractivity contribution in [3.8, 4) is 0 Å². The summed E-state index contributed by atoms with van der Waals surface area (Å²) >= 11 is 5.65. The van der Waals surface area contributed by atoms with Crippen LogP contribution < -0.4 is 4.90 Å². The molecule has 0 unspecified atom stereocenters. The van der Waals surface area contributed by atoms with Crippen LogP contribution in [0.1, 0.15) is 15.9 Å². The van der Waals surface area contributed by atoms with E-state index >= 15 is 0 Å². The van der Waals surface area contributed by atoms with Gasteiger partial charge in [-0.3, -0.25) is 4.79 Å². The summed E-state index contributed by atoms with van der Waals surface area (Å²) in [6.45, 7) is 4.59. The number of aromatic nitrogens is 1. The van der Waals surface area contributed by atoms with Crippen molar-refractivity contribution < 1.29 is 9.18 Å². The average molecular weight is 334 g/mol. The van der Waals surface area contributed by atoms with Gasteiger partial charge in [0.25, 0.3) is 5.91 Å². The average Bonchev–Trinajstić information content (AvgIpc) is 2.57. The number of hydrogen-bond acceptors (Lipinski definition) is 3. The number of anilines is 1. The third kappa shape index (κ3) is 3.29. The lowest BCUT2D eigenvalue weighted by molar-refractivity contribution is 0.0742. The minimum Gasteiger partial charge on any atom is -0.368 e. The quantitative estimate of drug-likeness (QED) is 0.792. The molecule has 1 saturated heterocycles. The highest BCUT2D eigenvalue weighted by atomic mass is 35.5. The molecule has 0 radical (unpaired) electrons. The summed E-state index contributed by atoms with van der Waals surface area (Å²) in [5.41, 5.74) is 2.33. The topological polar surface area (TPSA) is 36.4 Å². The predicted molar refractivity (Wildman–Crippen MR) is 88.5 cm³/mol. The van der Waals surface area contributed by atoms with E-state index in [0.29, 0.717) is 13.1 Å². The second-order valence-corrected chi connectivity index (χ2v) is 5.94. The third-order valence-electron chi connectivity index (χ3n) is 4.01. The Kier molecular flexibility index (Phi) is 4.48. The molecule has 1 aromatic heterocycles. The fourth-order valence-electron chi connectivity index (χ4n) is 2.75. The zero-order valence-corrected chi connectivity index (χ0v) is 13.6. The molecule has 1 aromatic carbocycles. The van der Waals surface area contributed by atoms with Gasteiger partial charge in [0, 0.05) is 38.1 Å². The second kappa shape index (κ2) is 6.54. The van der Waals surface area contributed by atoms with Crippen LogP contribution >= 0.6 is 11.6 Å². The Labute approximate surface area is 139 Å². The molecule has 0 spiro atoms. The van der Waals surface area contributed by atoms with E-state index in [1.807, 2.05) is 6.07 Å². The highest BCUT2D eigenvalue weighted by Crippen LogP contribution is 2.20. The highest BCUT2D eigenvalue weighted by Gasteiger charge is 2.25. The van der Waals surface area contributed by atoms with Crippen LogP contribution in [0, 0.1) is 12.7 Å². The fourth-order valence-corrected chi connectivity index (χ4v) is 2.90. The van der Waals surface area contributed by atoms with Crippen LogP contribution in [0.3, 0.4) is 0 Å². The Balaban J connectivity index is 1.69. The molecule has 1 aliphatic heterocycles. The second-order valence-electron chi connectivity index (χ2n) is 5.58. The minimum absolute atomic E-state index is 0.0194. The number of rotatable bonds is 2. The molecule has 2 heterocycles. The molecule has 3 rings (SSSR count). The minimum atomic E-state index is -0.750. The zero-order valence-electron chi connectivity index (χ0n) is 12.8. The van der Waals surface area contributed by atoms with Crippen molar-refractivity contribution in [2.24, 2.45) is 0 Å². The first-order valence-electron chi connectivity index (χ1n) is 7.47. The summed E-state index contributed by atoms with van der Waals surface area (Å²) in [6, 6.07) is 9.64. The normalized spacial score (nSPS) is 14.9. The number of pyridine rings is 1. The fraction of sp³-hybridized carbons (Fsp3) is 0.294.